The van der Waals surface area contributed by atoms with Gasteiger partial charge >= 0.3 is 5.97 Å². The number of hydrogen-bond acceptors (Lipinski definition) is 5. The van der Waals surface area contributed by atoms with Gasteiger partial charge < -0.3 is 10.2 Å². The van der Waals surface area contributed by atoms with Crippen molar-refractivity contribution in [3.63, 3.8) is 0 Å². The third kappa shape index (κ3) is 15.2. The highest BCUT2D eigenvalue weighted by Crippen LogP contribution is 2.17. The Balaban J connectivity index is -0.000000369. The summed E-state index contributed by atoms with van der Waals surface area (Å²) in [5.41, 5.74) is 0. The average molecular weight is 444 g/mol. The van der Waals surface area contributed by atoms with E-state index in [0.29, 0.717) is 25.4 Å². The third-order valence-corrected chi connectivity index (χ3v) is 5.57. The minimum absolute atomic E-state index is 0. The Kier molecular flexibility index (Phi) is 23.9. The minimum atomic E-state index is -0.689. The van der Waals surface area contributed by atoms with E-state index in [0.717, 1.165) is 17.7 Å². The van der Waals surface area contributed by atoms with Crippen LogP contribution in [0.4, 0.5) is 0 Å². The normalized spacial score (nSPS) is 11.3. The van der Waals surface area contributed by atoms with E-state index in [2.05, 4.69) is 24.4 Å². The Labute approximate surface area is 186 Å². The fourth-order valence-corrected chi connectivity index (χ4v) is 3.74. The first-order valence-electron chi connectivity index (χ1n) is 8.80. The van der Waals surface area contributed by atoms with Crippen LogP contribution in [0.1, 0.15) is 43.9 Å². The van der Waals surface area contributed by atoms with Crippen LogP contribution >= 0.6 is 34.4 Å². The number of hydrogen-bond donors (Lipinski definition) is 2. The number of aliphatic hydroxyl groups is 1. The standard InChI is InChI=1S/C9H12O2S.C9H14OS.C2H6S.CH4.B/c1-2-7(9(10)11)6-8-4-3-5-12-8;1-2-8(7-10)6-9-4-3-5-11-9;1-3-2;;/h3-5,7H,2,6H2,1H3,(H,10,11);3-5,8,10H,2,6-7H2,1H3;1-2H3;1H4;. The number of carbonyl (C=O) groups is 1. The van der Waals surface area contributed by atoms with Crippen LogP contribution in [0.25, 0.3) is 0 Å². The van der Waals surface area contributed by atoms with Gasteiger partial charge in [-0.1, -0.05) is 39.8 Å². The quantitative estimate of drug-likeness (QED) is 0.496. The number of carboxylic acids is 1. The van der Waals surface area contributed by atoms with Crippen molar-refractivity contribution >= 4 is 48.8 Å². The fourth-order valence-electron chi connectivity index (χ4n) is 2.13. The second-order valence-electron chi connectivity index (χ2n) is 5.88. The maximum absolute atomic E-state index is 10.7. The van der Waals surface area contributed by atoms with Crippen LogP contribution in [0.2, 0.25) is 0 Å². The van der Waals surface area contributed by atoms with E-state index in [9.17, 15) is 4.79 Å². The lowest BCUT2D eigenvalue weighted by molar-refractivity contribution is -0.141. The highest BCUT2D eigenvalue weighted by Gasteiger charge is 2.15. The monoisotopic (exact) mass is 443 g/mol. The number of aliphatic carboxylic acids is 1. The minimum Gasteiger partial charge on any atom is -0.481 e. The summed E-state index contributed by atoms with van der Waals surface area (Å²) in [6, 6.07) is 8.12. The van der Waals surface area contributed by atoms with E-state index in [-0.39, 0.29) is 21.8 Å². The summed E-state index contributed by atoms with van der Waals surface area (Å²) < 4.78 is 0. The molecular weight excluding hydrogens is 407 g/mol. The average Bonchev–Trinajstić information content (AvgIpc) is 3.32. The summed E-state index contributed by atoms with van der Waals surface area (Å²) in [4.78, 5) is 13.2. The first-order chi connectivity index (χ1) is 12.5. The van der Waals surface area contributed by atoms with Crippen molar-refractivity contribution in [3.05, 3.63) is 44.8 Å². The smallest absolute Gasteiger partial charge is 0.306 e. The predicted molar refractivity (Wildman–Crippen MR) is 130 cm³/mol. The van der Waals surface area contributed by atoms with Gasteiger partial charge in [0.25, 0.3) is 0 Å². The SMILES string of the molecule is C.CCC(CO)Cc1cccs1.CCC(Cc1cccs1)C(=O)O.CSC.[B]. The van der Waals surface area contributed by atoms with Gasteiger partial charge in [0.15, 0.2) is 0 Å². The van der Waals surface area contributed by atoms with Gasteiger partial charge in [-0.2, -0.15) is 11.8 Å². The van der Waals surface area contributed by atoms with Crippen LogP contribution in [0.5, 0.6) is 0 Å². The molecule has 3 radical (unpaired) electrons. The summed E-state index contributed by atoms with van der Waals surface area (Å²) in [5.74, 6) is -0.455. The molecule has 0 saturated carbocycles. The second-order valence-corrected chi connectivity index (χ2v) is 8.76. The Bertz CT molecular complexity index is 541. The van der Waals surface area contributed by atoms with Crippen LogP contribution in [-0.4, -0.2) is 43.7 Å². The summed E-state index contributed by atoms with van der Waals surface area (Å²) >= 11 is 5.14. The molecule has 0 aliphatic heterocycles. The zero-order valence-corrected chi connectivity index (χ0v) is 19.2. The maximum atomic E-state index is 10.7. The zero-order chi connectivity index (χ0) is 19.8. The number of aliphatic hydroxyl groups excluding tert-OH is 1. The molecular formula is C21H36BO3S3. The van der Waals surface area contributed by atoms with E-state index in [1.165, 1.54) is 4.88 Å². The number of thiophene rings is 2. The molecule has 2 rings (SSSR count). The lowest BCUT2D eigenvalue weighted by Gasteiger charge is -2.08. The van der Waals surface area contributed by atoms with E-state index in [1.807, 2.05) is 36.9 Å². The molecule has 0 bridgehead atoms. The molecule has 2 aromatic rings. The van der Waals surface area contributed by atoms with Crippen LogP contribution in [0, 0.1) is 11.8 Å². The molecule has 0 fully saturated rings. The van der Waals surface area contributed by atoms with Crippen molar-refractivity contribution < 1.29 is 15.0 Å². The molecule has 2 N–H and O–H groups in total. The Morgan fingerprint density at radius 3 is 1.79 bits per heavy atom. The number of rotatable bonds is 8. The molecule has 0 aliphatic rings. The molecule has 2 aromatic heterocycles. The highest BCUT2D eigenvalue weighted by molar-refractivity contribution is 7.97. The van der Waals surface area contributed by atoms with Crippen molar-refractivity contribution in [1.82, 2.24) is 0 Å². The van der Waals surface area contributed by atoms with Gasteiger partial charge in [0.05, 0.1) is 5.92 Å². The van der Waals surface area contributed by atoms with Gasteiger partial charge in [-0.25, -0.2) is 0 Å². The fraction of sp³-hybridized carbons (Fsp3) is 0.571. The molecule has 7 heteroatoms. The highest BCUT2D eigenvalue weighted by atomic mass is 32.2. The Morgan fingerprint density at radius 1 is 1.04 bits per heavy atom. The van der Waals surface area contributed by atoms with Gasteiger partial charge in [0, 0.05) is 24.8 Å². The molecule has 0 aromatic carbocycles. The van der Waals surface area contributed by atoms with Gasteiger partial charge in [-0.05, 0) is 60.6 Å². The molecule has 0 spiro atoms. The van der Waals surface area contributed by atoms with Gasteiger partial charge in [0.2, 0.25) is 0 Å². The summed E-state index contributed by atoms with van der Waals surface area (Å²) in [6.07, 6.45) is 7.55. The molecule has 0 aliphatic carbocycles. The number of thioether (sulfide) groups is 1. The second kappa shape index (κ2) is 21.0. The number of carboxylic acid groups (broad SMARTS) is 1. The molecule has 159 valence electrons. The van der Waals surface area contributed by atoms with E-state index < -0.39 is 5.97 Å². The van der Waals surface area contributed by atoms with Crippen molar-refractivity contribution in [2.24, 2.45) is 11.8 Å². The summed E-state index contributed by atoms with van der Waals surface area (Å²) in [7, 11) is 0. The van der Waals surface area contributed by atoms with Gasteiger partial charge in [-0.15, -0.1) is 22.7 Å². The molecule has 3 nitrogen and oxygen atoms in total. The lowest BCUT2D eigenvalue weighted by atomic mass is 10.0. The maximum Gasteiger partial charge on any atom is 0.306 e. The van der Waals surface area contributed by atoms with Crippen LogP contribution < -0.4 is 0 Å². The summed E-state index contributed by atoms with van der Waals surface area (Å²) in [5, 5.41) is 21.8. The summed E-state index contributed by atoms with van der Waals surface area (Å²) in [6.45, 7) is 4.34. The van der Waals surface area contributed by atoms with Gasteiger partial charge in [0.1, 0.15) is 0 Å². The third-order valence-electron chi connectivity index (χ3n) is 3.78. The predicted octanol–water partition coefficient (Wildman–Crippen LogP) is 5.95. The van der Waals surface area contributed by atoms with Crippen LogP contribution in [-0.2, 0) is 17.6 Å². The topological polar surface area (TPSA) is 57.5 Å². The van der Waals surface area contributed by atoms with Crippen molar-refractivity contribution in [2.45, 2.75) is 47.0 Å². The van der Waals surface area contributed by atoms with E-state index in [1.54, 1.807) is 34.4 Å². The van der Waals surface area contributed by atoms with E-state index >= 15 is 0 Å². The molecule has 2 unspecified atom stereocenters. The van der Waals surface area contributed by atoms with E-state index in [4.69, 9.17) is 10.2 Å². The lowest BCUT2D eigenvalue weighted by Crippen LogP contribution is -2.14. The van der Waals surface area contributed by atoms with Crippen LogP contribution in [0.3, 0.4) is 0 Å². The largest absolute Gasteiger partial charge is 0.481 e. The first-order valence-corrected chi connectivity index (χ1v) is 12.2. The van der Waals surface area contributed by atoms with Crippen molar-refractivity contribution in [1.29, 1.82) is 0 Å². The Hall–Kier alpha value is -0.755. The molecule has 0 saturated heterocycles. The van der Waals surface area contributed by atoms with Gasteiger partial charge in [-0.3, -0.25) is 4.79 Å². The van der Waals surface area contributed by atoms with Crippen molar-refractivity contribution in [3.8, 4) is 0 Å². The zero-order valence-electron chi connectivity index (χ0n) is 16.8. The Morgan fingerprint density at radius 2 is 1.50 bits per heavy atom. The molecule has 0 amide bonds. The molecule has 2 atom stereocenters. The molecule has 28 heavy (non-hydrogen) atoms. The first kappa shape index (κ1) is 31.9. The molecule has 2 heterocycles. The van der Waals surface area contributed by atoms with Crippen molar-refractivity contribution in [2.75, 3.05) is 19.1 Å². The van der Waals surface area contributed by atoms with Crippen LogP contribution in [0.15, 0.2) is 35.0 Å².